The van der Waals surface area contributed by atoms with Crippen molar-refractivity contribution in [3.8, 4) is 11.5 Å². The molecule has 1 aliphatic heterocycles. The van der Waals surface area contributed by atoms with Gasteiger partial charge in [-0.1, -0.05) is 98.7 Å². The van der Waals surface area contributed by atoms with Gasteiger partial charge in [0.25, 0.3) is 6.02 Å². The Morgan fingerprint density at radius 2 is 1.46 bits per heavy atom. The number of hydrogen-bond acceptors (Lipinski definition) is 5. The fourth-order valence-corrected chi connectivity index (χ4v) is 5.28. The van der Waals surface area contributed by atoms with Crippen molar-refractivity contribution >= 4 is 11.9 Å². The largest absolute Gasteiger partial charge is 0.504 e. The molecule has 0 aliphatic carbocycles. The Balaban J connectivity index is 1.79. The van der Waals surface area contributed by atoms with Crippen molar-refractivity contribution in [2.45, 2.75) is 78.8 Å². The summed E-state index contributed by atoms with van der Waals surface area (Å²) in [4.78, 5) is 9.80. The van der Waals surface area contributed by atoms with Crippen LogP contribution in [0.2, 0.25) is 0 Å². The molecule has 3 N–H and O–H groups in total. The molecule has 1 heterocycles. The summed E-state index contributed by atoms with van der Waals surface area (Å²) in [6.45, 7) is 10.8. The van der Waals surface area contributed by atoms with E-state index in [1.165, 1.54) is 25.7 Å². The van der Waals surface area contributed by atoms with Crippen molar-refractivity contribution in [2.24, 2.45) is 9.98 Å². The first-order valence-corrected chi connectivity index (χ1v) is 14.0. The SMILES string of the molecule is CCCCCCCCOc1cccc(C2(c3ccc(C)cc3C)N=C(O)NC(c3ccc(C)cc3C)=N2)c1O. The summed E-state index contributed by atoms with van der Waals surface area (Å²) in [7, 11) is 0. The summed E-state index contributed by atoms with van der Waals surface area (Å²) >= 11 is 0. The molecule has 0 saturated heterocycles. The van der Waals surface area contributed by atoms with E-state index in [1.807, 2.05) is 58.0 Å². The molecule has 1 atom stereocenters. The molecule has 6 heteroatoms. The molecule has 0 amide bonds. The third kappa shape index (κ3) is 6.27. The van der Waals surface area contributed by atoms with Gasteiger partial charge in [-0.2, -0.15) is 4.99 Å². The van der Waals surface area contributed by atoms with Crippen LogP contribution >= 0.6 is 0 Å². The Kier molecular flexibility index (Phi) is 8.95. The van der Waals surface area contributed by atoms with Crippen molar-refractivity contribution in [2.75, 3.05) is 6.61 Å². The predicted molar refractivity (Wildman–Crippen MR) is 159 cm³/mol. The number of benzene rings is 3. The Morgan fingerprint density at radius 3 is 2.18 bits per heavy atom. The average Bonchev–Trinajstić information content (AvgIpc) is 2.88. The molecule has 0 radical (unpaired) electrons. The van der Waals surface area contributed by atoms with Crippen LogP contribution in [0.25, 0.3) is 0 Å². The minimum atomic E-state index is -1.41. The number of aromatic hydroxyl groups is 1. The number of para-hydroxylation sites is 1. The van der Waals surface area contributed by atoms with E-state index >= 15 is 0 Å². The summed E-state index contributed by atoms with van der Waals surface area (Å²) in [6, 6.07) is 17.3. The van der Waals surface area contributed by atoms with Gasteiger partial charge < -0.3 is 14.9 Å². The zero-order chi connectivity index (χ0) is 28.0. The fraction of sp³-hybridized carbons (Fsp3) is 0.394. The molecule has 3 aromatic carbocycles. The average molecular weight is 528 g/mol. The highest BCUT2D eigenvalue weighted by Gasteiger charge is 2.42. The highest BCUT2D eigenvalue weighted by atomic mass is 16.5. The number of hydrogen-bond donors (Lipinski definition) is 3. The fourth-order valence-electron chi connectivity index (χ4n) is 5.28. The normalized spacial score (nSPS) is 16.8. The zero-order valence-corrected chi connectivity index (χ0v) is 23.8. The lowest BCUT2D eigenvalue weighted by Gasteiger charge is -2.33. The molecule has 6 nitrogen and oxygen atoms in total. The lowest BCUT2D eigenvalue weighted by molar-refractivity contribution is 0.286. The number of aliphatic hydroxyl groups is 1. The highest BCUT2D eigenvalue weighted by Crippen LogP contribution is 2.46. The van der Waals surface area contributed by atoms with Crippen molar-refractivity contribution < 1.29 is 14.9 Å². The summed E-state index contributed by atoms with van der Waals surface area (Å²) < 4.78 is 6.05. The molecule has 0 aromatic heterocycles. The molecule has 1 aliphatic rings. The van der Waals surface area contributed by atoms with Gasteiger partial charge in [0.1, 0.15) is 5.84 Å². The van der Waals surface area contributed by atoms with E-state index in [0.717, 1.165) is 46.2 Å². The summed E-state index contributed by atoms with van der Waals surface area (Å²) in [6.07, 6.45) is 6.94. The number of aryl methyl sites for hydroxylation is 4. The molecule has 39 heavy (non-hydrogen) atoms. The molecule has 3 aromatic rings. The summed E-state index contributed by atoms with van der Waals surface area (Å²) in [5.41, 5.74) is 4.87. The van der Waals surface area contributed by atoms with Crippen LogP contribution in [0.5, 0.6) is 11.5 Å². The van der Waals surface area contributed by atoms with Crippen LogP contribution in [-0.2, 0) is 5.66 Å². The number of aliphatic hydroxyl groups excluding tert-OH is 1. The Bertz CT molecular complexity index is 1380. The van der Waals surface area contributed by atoms with Gasteiger partial charge in [0.05, 0.1) is 12.2 Å². The van der Waals surface area contributed by atoms with Crippen molar-refractivity contribution in [3.63, 3.8) is 0 Å². The first-order valence-electron chi connectivity index (χ1n) is 14.0. The lowest BCUT2D eigenvalue weighted by Crippen LogP contribution is -2.42. The van der Waals surface area contributed by atoms with Gasteiger partial charge in [0.15, 0.2) is 11.5 Å². The first kappa shape index (κ1) is 28.2. The Labute approximate surface area is 232 Å². The maximum atomic E-state index is 11.6. The van der Waals surface area contributed by atoms with Crippen LogP contribution in [-0.4, -0.2) is 28.7 Å². The number of rotatable bonds is 11. The van der Waals surface area contributed by atoms with Gasteiger partial charge >= 0.3 is 0 Å². The Morgan fingerprint density at radius 1 is 0.769 bits per heavy atom. The van der Waals surface area contributed by atoms with Crippen LogP contribution < -0.4 is 10.1 Å². The lowest BCUT2D eigenvalue weighted by atomic mass is 9.86. The first-order chi connectivity index (χ1) is 18.7. The van der Waals surface area contributed by atoms with Gasteiger partial charge in [-0.25, -0.2) is 4.99 Å². The van der Waals surface area contributed by atoms with Crippen molar-refractivity contribution in [3.05, 3.63) is 93.5 Å². The molecular formula is C33H41N3O3. The second-order valence-electron chi connectivity index (χ2n) is 10.6. The van der Waals surface area contributed by atoms with Gasteiger partial charge in [-0.3, -0.25) is 5.32 Å². The number of amidine groups is 2. The highest BCUT2D eigenvalue weighted by molar-refractivity contribution is 6.09. The van der Waals surface area contributed by atoms with E-state index in [0.29, 0.717) is 23.8 Å². The van der Waals surface area contributed by atoms with Gasteiger partial charge in [0.2, 0.25) is 5.66 Å². The van der Waals surface area contributed by atoms with Crippen LogP contribution in [0.3, 0.4) is 0 Å². The van der Waals surface area contributed by atoms with Gasteiger partial charge in [0, 0.05) is 11.1 Å². The molecule has 4 rings (SSSR count). The van der Waals surface area contributed by atoms with Gasteiger partial charge in [-0.05, 0) is 51.3 Å². The number of unbranched alkanes of at least 4 members (excludes halogenated alkanes) is 5. The number of nitrogens with zero attached hydrogens (tertiary/aromatic N) is 2. The van der Waals surface area contributed by atoms with Crippen LogP contribution in [0.1, 0.15) is 84.4 Å². The number of phenols is 1. The van der Waals surface area contributed by atoms with Crippen LogP contribution in [0, 0.1) is 27.7 Å². The molecule has 0 spiro atoms. The summed E-state index contributed by atoms with van der Waals surface area (Å²) in [5.74, 6) is 0.852. The quantitative estimate of drug-likeness (QED) is 0.225. The second kappa shape index (κ2) is 12.4. The summed E-state index contributed by atoms with van der Waals surface area (Å²) in [5, 5.41) is 25.5. The maximum Gasteiger partial charge on any atom is 0.290 e. The number of ether oxygens (including phenoxy) is 1. The number of phenolic OH excluding ortho intramolecular Hbond substituents is 1. The molecular weight excluding hydrogens is 486 g/mol. The van der Waals surface area contributed by atoms with E-state index in [2.05, 4.69) is 29.4 Å². The van der Waals surface area contributed by atoms with Crippen molar-refractivity contribution in [1.29, 1.82) is 0 Å². The second-order valence-corrected chi connectivity index (χ2v) is 10.6. The minimum absolute atomic E-state index is 0.0226. The van der Waals surface area contributed by atoms with Gasteiger partial charge in [-0.15, -0.1) is 0 Å². The minimum Gasteiger partial charge on any atom is -0.504 e. The number of nitrogens with one attached hydrogen (secondary N) is 1. The topological polar surface area (TPSA) is 86.4 Å². The maximum absolute atomic E-state index is 11.6. The van der Waals surface area contributed by atoms with E-state index in [9.17, 15) is 10.2 Å². The zero-order valence-electron chi connectivity index (χ0n) is 23.8. The van der Waals surface area contributed by atoms with Crippen molar-refractivity contribution in [1.82, 2.24) is 5.32 Å². The molecule has 1 unspecified atom stereocenters. The Hall–Kier alpha value is -3.80. The third-order valence-corrected chi connectivity index (χ3v) is 7.30. The van der Waals surface area contributed by atoms with E-state index in [4.69, 9.17) is 9.73 Å². The van der Waals surface area contributed by atoms with Crippen LogP contribution in [0.4, 0.5) is 0 Å². The molecule has 0 bridgehead atoms. The van der Waals surface area contributed by atoms with E-state index in [1.54, 1.807) is 12.1 Å². The monoisotopic (exact) mass is 527 g/mol. The molecule has 206 valence electrons. The molecule has 0 saturated carbocycles. The number of aliphatic imine (C=N–C) groups is 2. The van der Waals surface area contributed by atoms with Crippen LogP contribution in [0.15, 0.2) is 64.6 Å². The third-order valence-electron chi connectivity index (χ3n) is 7.30. The predicted octanol–water partition coefficient (Wildman–Crippen LogP) is 7.53. The smallest absolute Gasteiger partial charge is 0.290 e. The van der Waals surface area contributed by atoms with E-state index in [-0.39, 0.29) is 11.8 Å². The van der Waals surface area contributed by atoms with E-state index < -0.39 is 5.66 Å². The standard InChI is InChI=1S/C33H41N3O3/c1-6-7-8-9-10-11-19-39-29-14-12-13-28(30(29)37)33(27-18-16-23(3)21-25(27)5)35-31(34-32(38)36-33)26-17-15-22(2)20-24(26)4/h12-18,20-21,37H,6-11,19H2,1-5H3,(H2,34,35,36,38). The molecule has 0 fully saturated rings.